The Bertz CT molecular complexity index is 685. The van der Waals surface area contributed by atoms with E-state index < -0.39 is 17.8 Å². The first kappa shape index (κ1) is 12.4. The average Bonchev–Trinajstić information content (AvgIpc) is 2.81. The zero-order valence-corrected chi connectivity index (χ0v) is 10.7. The number of carbonyl (C=O) groups excluding carboxylic acids is 3. The third-order valence-corrected chi connectivity index (χ3v) is 3.38. The Morgan fingerprint density at radius 1 is 1.15 bits per heavy atom. The standard InChI is InChI=1S/C14H13N3O3/c18-12-7-13(19)17(14(20)16-12)6-5-9-8-15-11-4-2-1-3-10(9)11/h1-4,8,15H,5-7H2,(H,16,18,20). The summed E-state index contributed by atoms with van der Waals surface area (Å²) < 4.78 is 0. The van der Waals surface area contributed by atoms with Crippen LogP contribution in [0.5, 0.6) is 0 Å². The predicted molar refractivity (Wildman–Crippen MR) is 71.9 cm³/mol. The monoisotopic (exact) mass is 271 g/mol. The summed E-state index contributed by atoms with van der Waals surface area (Å²) in [5, 5.41) is 3.22. The minimum absolute atomic E-state index is 0.264. The van der Waals surface area contributed by atoms with E-state index in [2.05, 4.69) is 10.3 Å². The Kier molecular flexibility index (Phi) is 2.98. The molecule has 0 spiro atoms. The summed E-state index contributed by atoms with van der Waals surface area (Å²) in [6.07, 6.45) is 2.17. The van der Waals surface area contributed by atoms with E-state index >= 15 is 0 Å². The van der Waals surface area contributed by atoms with Gasteiger partial charge in [-0.2, -0.15) is 0 Å². The number of rotatable bonds is 3. The van der Waals surface area contributed by atoms with Gasteiger partial charge in [0.05, 0.1) is 0 Å². The lowest BCUT2D eigenvalue weighted by Gasteiger charge is -2.24. The average molecular weight is 271 g/mol. The summed E-state index contributed by atoms with van der Waals surface area (Å²) in [4.78, 5) is 38.6. The number of para-hydroxylation sites is 1. The van der Waals surface area contributed by atoms with Crippen LogP contribution in [0, 0.1) is 0 Å². The van der Waals surface area contributed by atoms with E-state index in [0.29, 0.717) is 6.42 Å². The van der Waals surface area contributed by atoms with Crippen LogP contribution in [-0.2, 0) is 16.0 Å². The van der Waals surface area contributed by atoms with E-state index in [4.69, 9.17) is 0 Å². The van der Waals surface area contributed by atoms with Crippen LogP contribution >= 0.6 is 0 Å². The van der Waals surface area contributed by atoms with Crippen molar-refractivity contribution in [1.82, 2.24) is 15.2 Å². The molecule has 1 aromatic carbocycles. The molecule has 1 aliphatic rings. The summed E-state index contributed by atoms with van der Waals surface area (Å²) >= 11 is 0. The smallest absolute Gasteiger partial charge is 0.330 e. The van der Waals surface area contributed by atoms with E-state index in [9.17, 15) is 14.4 Å². The Morgan fingerprint density at radius 3 is 2.75 bits per heavy atom. The fraction of sp³-hybridized carbons (Fsp3) is 0.214. The number of hydrogen-bond acceptors (Lipinski definition) is 3. The maximum absolute atomic E-state index is 11.7. The number of fused-ring (bicyclic) bond motifs is 1. The van der Waals surface area contributed by atoms with Crippen LogP contribution in [0.1, 0.15) is 12.0 Å². The van der Waals surface area contributed by atoms with Crippen LogP contribution in [0.4, 0.5) is 4.79 Å². The highest BCUT2D eigenvalue weighted by Gasteiger charge is 2.30. The SMILES string of the molecule is O=C1CC(=O)N(CCc2c[nH]c3ccccc23)C(=O)N1. The lowest BCUT2D eigenvalue weighted by molar-refractivity contribution is -0.136. The van der Waals surface area contributed by atoms with Crippen molar-refractivity contribution >= 4 is 28.7 Å². The number of urea groups is 1. The van der Waals surface area contributed by atoms with Crippen LogP contribution in [0.15, 0.2) is 30.5 Å². The van der Waals surface area contributed by atoms with Crippen molar-refractivity contribution in [3.05, 3.63) is 36.0 Å². The van der Waals surface area contributed by atoms with Gasteiger partial charge in [0.2, 0.25) is 11.8 Å². The molecule has 3 rings (SSSR count). The van der Waals surface area contributed by atoms with Crippen molar-refractivity contribution in [2.75, 3.05) is 6.54 Å². The van der Waals surface area contributed by atoms with E-state index in [1.807, 2.05) is 30.5 Å². The quantitative estimate of drug-likeness (QED) is 0.822. The zero-order chi connectivity index (χ0) is 14.1. The van der Waals surface area contributed by atoms with Crippen molar-refractivity contribution in [3.63, 3.8) is 0 Å². The molecule has 20 heavy (non-hydrogen) atoms. The number of nitrogens with zero attached hydrogens (tertiary/aromatic N) is 1. The first-order valence-corrected chi connectivity index (χ1v) is 6.34. The summed E-state index contributed by atoms with van der Waals surface area (Å²) in [6, 6.07) is 7.21. The van der Waals surface area contributed by atoms with Gasteiger partial charge in [-0.05, 0) is 18.1 Å². The molecule has 1 fully saturated rings. The normalized spacial score (nSPS) is 15.8. The van der Waals surface area contributed by atoms with Gasteiger partial charge in [0.1, 0.15) is 6.42 Å². The Balaban J connectivity index is 1.74. The minimum atomic E-state index is -0.633. The lowest BCUT2D eigenvalue weighted by Crippen LogP contribution is -2.53. The molecule has 6 nitrogen and oxygen atoms in total. The van der Waals surface area contributed by atoms with Gasteiger partial charge in [-0.15, -0.1) is 0 Å². The van der Waals surface area contributed by atoms with E-state index in [-0.39, 0.29) is 13.0 Å². The highest BCUT2D eigenvalue weighted by molar-refractivity contribution is 6.14. The number of nitrogens with one attached hydrogen (secondary N) is 2. The van der Waals surface area contributed by atoms with Gasteiger partial charge in [-0.25, -0.2) is 4.79 Å². The molecular weight excluding hydrogens is 258 g/mol. The van der Waals surface area contributed by atoms with Crippen LogP contribution < -0.4 is 5.32 Å². The second kappa shape index (κ2) is 4.80. The maximum atomic E-state index is 11.7. The predicted octanol–water partition coefficient (Wildman–Crippen LogP) is 1.18. The molecule has 0 aliphatic carbocycles. The summed E-state index contributed by atoms with van der Waals surface area (Å²) in [7, 11) is 0. The second-order valence-corrected chi connectivity index (χ2v) is 4.68. The number of carbonyl (C=O) groups is 3. The molecule has 2 N–H and O–H groups in total. The van der Waals surface area contributed by atoms with E-state index in [0.717, 1.165) is 21.4 Å². The van der Waals surface area contributed by atoms with Gasteiger partial charge in [0.25, 0.3) is 0 Å². The Hall–Kier alpha value is -2.63. The summed E-state index contributed by atoms with van der Waals surface area (Å²) in [5.74, 6) is -0.984. The third-order valence-electron chi connectivity index (χ3n) is 3.38. The van der Waals surface area contributed by atoms with Gasteiger partial charge in [-0.1, -0.05) is 18.2 Å². The number of benzene rings is 1. The fourth-order valence-corrected chi connectivity index (χ4v) is 2.37. The molecule has 102 valence electrons. The zero-order valence-electron chi connectivity index (χ0n) is 10.7. The van der Waals surface area contributed by atoms with Crippen molar-refractivity contribution in [2.24, 2.45) is 0 Å². The topological polar surface area (TPSA) is 82.3 Å². The Labute approximate surface area is 114 Å². The van der Waals surface area contributed by atoms with Gasteiger partial charge >= 0.3 is 6.03 Å². The third kappa shape index (κ3) is 2.16. The fourth-order valence-electron chi connectivity index (χ4n) is 2.37. The maximum Gasteiger partial charge on any atom is 0.330 e. The molecule has 2 heterocycles. The molecule has 6 heteroatoms. The number of aromatic nitrogens is 1. The molecule has 0 bridgehead atoms. The molecule has 0 saturated carbocycles. The molecule has 1 saturated heterocycles. The molecular formula is C14H13N3O3. The molecule has 4 amide bonds. The molecule has 0 radical (unpaired) electrons. The summed E-state index contributed by atoms with van der Waals surface area (Å²) in [6.45, 7) is 0.264. The van der Waals surface area contributed by atoms with E-state index in [1.54, 1.807) is 0 Å². The second-order valence-electron chi connectivity index (χ2n) is 4.68. The van der Waals surface area contributed by atoms with Crippen molar-refractivity contribution in [3.8, 4) is 0 Å². The van der Waals surface area contributed by atoms with Crippen LogP contribution in [0.2, 0.25) is 0 Å². The van der Waals surface area contributed by atoms with Gasteiger partial charge in [0, 0.05) is 23.6 Å². The first-order valence-electron chi connectivity index (χ1n) is 6.34. The number of hydrogen-bond donors (Lipinski definition) is 2. The van der Waals surface area contributed by atoms with Crippen LogP contribution in [0.25, 0.3) is 10.9 Å². The van der Waals surface area contributed by atoms with Crippen LogP contribution in [0.3, 0.4) is 0 Å². The molecule has 2 aromatic rings. The highest BCUT2D eigenvalue weighted by atomic mass is 16.2. The number of aromatic amines is 1. The minimum Gasteiger partial charge on any atom is -0.361 e. The van der Waals surface area contributed by atoms with Crippen LogP contribution in [-0.4, -0.2) is 34.3 Å². The number of barbiturate groups is 1. The van der Waals surface area contributed by atoms with Gasteiger partial charge < -0.3 is 4.98 Å². The number of H-pyrrole nitrogens is 1. The lowest BCUT2D eigenvalue weighted by atomic mass is 10.1. The highest BCUT2D eigenvalue weighted by Crippen LogP contribution is 2.18. The Morgan fingerprint density at radius 2 is 1.95 bits per heavy atom. The van der Waals surface area contributed by atoms with Gasteiger partial charge in [-0.3, -0.25) is 19.8 Å². The number of amides is 4. The first-order chi connectivity index (χ1) is 9.65. The molecule has 0 unspecified atom stereocenters. The summed E-state index contributed by atoms with van der Waals surface area (Å²) in [5.41, 5.74) is 2.06. The molecule has 0 atom stereocenters. The van der Waals surface area contributed by atoms with Crippen molar-refractivity contribution < 1.29 is 14.4 Å². The van der Waals surface area contributed by atoms with Crippen molar-refractivity contribution in [1.29, 1.82) is 0 Å². The number of imide groups is 2. The largest absolute Gasteiger partial charge is 0.361 e. The van der Waals surface area contributed by atoms with Crippen molar-refractivity contribution in [2.45, 2.75) is 12.8 Å². The van der Waals surface area contributed by atoms with E-state index in [1.165, 1.54) is 0 Å². The van der Waals surface area contributed by atoms with Gasteiger partial charge in [0.15, 0.2) is 0 Å². The molecule has 1 aromatic heterocycles. The molecule has 1 aliphatic heterocycles.